The number of aromatic carboxylic acids is 1. The first-order chi connectivity index (χ1) is 18.5. The van der Waals surface area contributed by atoms with Crippen molar-refractivity contribution in [2.45, 2.75) is 45.1 Å². The molecule has 1 aliphatic carbocycles. The van der Waals surface area contributed by atoms with Crippen molar-refractivity contribution in [2.75, 3.05) is 26.3 Å². The number of hydrogen-bond donors (Lipinski definition) is 1. The van der Waals surface area contributed by atoms with E-state index >= 15 is 0 Å². The molecule has 1 fully saturated rings. The van der Waals surface area contributed by atoms with Gasteiger partial charge in [-0.15, -0.1) is 0 Å². The number of carbonyl (C=O) groups is 1. The molecule has 0 saturated carbocycles. The molecular formula is C32H33ClFNO3. The number of allylic oxidation sites excluding steroid dienone is 1. The number of rotatable bonds is 8. The lowest BCUT2D eigenvalue weighted by molar-refractivity contribution is 0.0696. The molecule has 3 aromatic rings. The van der Waals surface area contributed by atoms with Crippen LogP contribution < -0.4 is 4.74 Å². The summed E-state index contributed by atoms with van der Waals surface area (Å²) in [5.41, 5.74) is 7.74. The van der Waals surface area contributed by atoms with E-state index in [1.807, 2.05) is 42.5 Å². The van der Waals surface area contributed by atoms with E-state index in [2.05, 4.69) is 24.0 Å². The number of fused-ring (bicyclic) bond motifs is 1. The molecule has 0 radical (unpaired) electrons. The van der Waals surface area contributed by atoms with E-state index in [0.717, 1.165) is 90.0 Å². The molecule has 0 amide bonds. The minimum absolute atomic E-state index is 0.0696. The van der Waals surface area contributed by atoms with E-state index < -0.39 is 5.97 Å². The Bertz CT molecular complexity index is 1370. The van der Waals surface area contributed by atoms with Crippen molar-refractivity contribution in [1.29, 1.82) is 0 Å². The van der Waals surface area contributed by atoms with Crippen molar-refractivity contribution in [3.8, 4) is 5.75 Å². The molecule has 1 saturated heterocycles. The van der Waals surface area contributed by atoms with Gasteiger partial charge in [-0.05, 0) is 102 Å². The quantitative estimate of drug-likeness (QED) is 0.326. The van der Waals surface area contributed by atoms with E-state index in [4.69, 9.17) is 16.3 Å². The summed E-state index contributed by atoms with van der Waals surface area (Å²) in [6, 6.07) is 19.5. The largest absolute Gasteiger partial charge is 0.489 e. The normalized spacial score (nSPS) is 17.8. The zero-order valence-corrected chi connectivity index (χ0v) is 22.4. The third-order valence-corrected chi connectivity index (χ3v) is 8.01. The van der Waals surface area contributed by atoms with Crippen LogP contribution in [-0.2, 0) is 6.42 Å². The van der Waals surface area contributed by atoms with Crippen LogP contribution in [0.1, 0.15) is 63.9 Å². The van der Waals surface area contributed by atoms with Gasteiger partial charge in [0, 0.05) is 24.7 Å². The number of hydrogen-bond acceptors (Lipinski definition) is 3. The summed E-state index contributed by atoms with van der Waals surface area (Å²) in [6.07, 6.45) is 4.06. The lowest BCUT2D eigenvalue weighted by Crippen LogP contribution is -2.26. The molecule has 4 nitrogen and oxygen atoms in total. The molecule has 3 aromatic carbocycles. The predicted octanol–water partition coefficient (Wildman–Crippen LogP) is 7.45. The number of aryl methyl sites for hydroxylation is 1. The number of carboxylic acids is 1. The van der Waals surface area contributed by atoms with Gasteiger partial charge in [0.15, 0.2) is 0 Å². The maximum atomic E-state index is 12.6. The first-order valence-electron chi connectivity index (χ1n) is 13.4. The van der Waals surface area contributed by atoms with Gasteiger partial charge in [0.25, 0.3) is 0 Å². The Labute approximate surface area is 228 Å². The zero-order chi connectivity index (χ0) is 26.6. The average Bonchev–Trinajstić information content (AvgIpc) is 3.27. The standard InChI is InChI=1S/C32H33ClFNO3/c1-21-25(9-5-12-30(21)38-24-15-18-35(20-24)17-6-16-34)31-26-14-13-23(32(36)37)19-22(26)7-4-10-28(31)27-8-2-3-11-29(27)33/h2-3,5,8-9,11-14,19,24H,4,6-7,10,15-18,20H2,1H3,(H,36,37)/t24-/m1/s1. The summed E-state index contributed by atoms with van der Waals surface area (Å²) in [7, 11) is 0. The highest BCUT2D eigenvalue weighted by Gasteiger charge is 2.27. The summed E-state index contributed by atoms with van der Waals surface area (Å²) < 4.78 is 19.2. The fraction of sp³-hybridized carbons (Fsp3) is 0.344. The van der Waals surface area contributed by atoms with Gasteiger partial charge in [-0.1, -0.05) is 48.0 Å². The topological polar surface area (TPSA) is 49.8 Å². The van der Waals surface area contributed by atoms with Crippen LogP contribution in [0.15, 0.2) is 60.7 Å². The molecule has 1 aliphatic heterocycles. The van der Waals surface area contributed by atoms with E-state index in [1.165, 1.54) is 0 Å². The van der Waals surface area contributed by atoms with Gasteiger partial charge in [0.2, 0.25) is 0 Å². The monoisotopic (exact) mass is 533 g/mol. The molecule has 0 unspecified atom stereocenters. The van der Waals surface area contributed by atoms with Crippen molar-refractivity contribution in [2.24, 2.45) is 0 Å². The van der Waals surface area contributed by atoms with E-state index in [1.54, 1.807) is 6.07 Å². The number of likely N-dealkylation sites (tertiary alicyclic amines) is 1. The smallest absolute Gasteiger partial charge is 0.335 e. The van der Waals surface area contributed by atoms with Crippen LogP contribution in [0.4, 0.5) is 4.39 Å². The van der Waals surface area contributed by atoms with E-state index in [9.17, 15) is 14.3 Å². The molecular weight excluding hydrogens is 501 g/mol. The third-order valence-electron chi connectivity index (χ3n) is 7.68. The van der Waals surface area contributed by atoms with Gasteiger partial charge in [0.1, 0.15) is 11.9 Å². The molecule has 1 heterocycles. The second-order valence-electron chi connectivity index (χ2n) is 10.2. The number of halogens is 2. The second kappa shape index (κ2) is 11.7. The highest BCUT2D eigenvalue weighted by molar-refractivity contribution is 6.32. The van der Waals surface area contributed by atoms with Crippen molar-refractivity contribution in [3.63, 3.8) is 0 Å². The molecule has 38 heavy (non-hydrogen) atoms. The van der Waals surface area contributed by atoms with Gasteiger partial charge in [-0.3, -0.25) is 9.29 Å². The van der Waals surface area contributed by atoms with Crippen molar-refractivity contribution < 1.29 is 19.0 Å². The number of alkyl halides is 1. The van der Waals surface area contributed by atoms with Crippen molar-refractivity contribution in [3.05, 3.63) is 99.1 Å². The van der Waals surface area contributed by atoms with Crippen LogP contribution in [0, 0.1) is 6.92 Å². The average molecular weight is 534 g/mol. The number of ether oxygens (including phenoxy) is 1. The van der Waals surface area contributed by atoms with Gasteiger partial charge in [0.05, 0.1) is 12.2 Å². The molecule has 1 N–H and O–H groups in total. The van der Waals surface area contributed by atoms with Crippen molar-refractivity contribution in [1.82, 2.24) is 4.90 Å². The summed E-state index contributed by atoms with van der Waals surface area (Å²) in [6.45, 7) is 4.29. The lowest BCUT2D eigenvalue weighted by atomic mass is 9.85. The molecule has 198 valence electrons. The fourth-order valence-corrected chi connectivity index (χ4v) is 6.03. The number of benzene rings is 3. The Balaban J connectivity index is 1.60. The SMILES string of the molecule is Cc1c(O[C@@H]2CCN(CCCF)C2)cccc1C1=C(c2ccccc2Cl)CCCc2cc(C(=O)O)ccc21. The van der Waals surface area contributed by atoms with Crippen LogP contribution >= 0.6 is 11.6 Å². The first-order valence-corrected chi connectivity index (χ1v) is 13.7. The third kappa shape index (κ3) is 5.50. The van der Waals surface area contributed by atoms with Gasteiger partial charge < -0.3 is 9.84 Å². The summed E-state index contributed by atoms with van der Waals surface area (Å²) in [5.74, 6) is -0.0728. The molecule has 0 spiro atoms. The molecule has 6 heteroatoms. The Morgan fingerprint density at radius 2 is 1.89 bits per heavy atom. The Hall–Kier alpha value is -3.15. The lowest BCUT2D eigenvalue weighted by Gasteiger charge is -2.22. The van der Waals surface area contributed by atoms with Crippen LogP contribution in [0.25, 0.3) is 11.1 Å². The first kappa shape index (κ1) is 26.5. The highest BCUT2D eigenvalue weighted by atomic mass is 35.5. The Kier molecular flexibility index (Phi) is 8.15. The highest BCUT2D eigenvalue weighted by Crippen LogP contribution is 2.44. The Morgan fingerprint density at radius 1 is 1.08 bits per heavy atom. The fourth-order valence-electron chi connectivity index (χ4n) is 5.78. The number of nitrogens with zero attached hydrogens (tertiary/aromatic N) is 1. The molecule has 1 atom stereocenters. The maximum Gasteiger partial charge on any atom is 0.335 e. The molecule has 2 aliphatic rings. The Morgan fingerprint density at radius 3 is 2.68 bits per heavy atom. The van der Waals surface area contributed by atoms with Crippen LogP contribution in [0.3, 0.4) is 0 Å². The number of carboxylic acid groups (broad SMARTS) is 1. The zero-order valence-electron chi connectivity index (χ0n) is 21.7. The summed E-state index contributed by atoms with van der Waals surface area (Å²) in [5, 5.41) is 10.3. The van der Waals surface area contributed by atoms with E-state index in [-0.39, 0.29) is 12.8 Å². The van der Waals surface area contributed by atoms with Gasteiger partial charge in [-0.25, -0.2) is 4.79 Å². The van der Waals surface area contributed by atoms with Crippen molar-refractivity contribution >= 4 is 28.7 Å². The van der Waals surface area contributed by atoms with Crippen LogP contribution in [0.5, 0.6) is 5.75 Å². The predicted molar refractivity (Wildman–Crippen MR) is 151 cm³/mol. The summed E-state index contributed by atoms with van der Waals surface area (Å²) in [4.78, 5) is 14.0. The minimum atomic E-state index is -0.919. The maximum absolute atomic E-state index is 12.6. The molecule has 0 bridgehead atoms. The van der Waals surface area contributed by atoms with Gasteiger partial charge in [-0.2, -0.15) is 0 Å². The van der Waals surface area contributed by atoms with E-state index in [0.29, 0.717) is 17.0 Å². The van der Waals surface area contributed by atoms with Gasteiger partial charge >= 0.3 is 5.97 Å². The summed E-state index contributed by atoms with van der Waals surface area (Å²) >= 11 is 6.73. The molecule has 5 rings (SSSR count). The van der Waals surface area contributed by atoms with Crippen LogP contribution in [-0.4, -0.2) is 48.4 Å². The minimum Gasteiger partial charge on any atom is -0.489 e. The second-order valence-corrected chi connectivity index (χ2v) is 10.6. The molecule has 0 aromatic heterocycles. The van der Waals surface area contributed by atoms with Crippen LogP contribution in [0.2, 0.25) is 5.02 Å².